The number of nitriles is 1. The smallest absolute Gasteiger partial charge is 0.293 e. The zero-order valence-electron chi connectivity index (χ0n) is 15.1. The Hall–Kier alpha value is -3.69. The second-order valence-electron chi connectivity index (χ2n) is 6.21. The van der Waals surface area contributed by atoms with E-state index in [1.54, 1.807) is 12.1 Å². The van der Waals surface area contributed by atoms with Gasteiger partial charge >= 0.3 is 0 Å². The average Bonchev–Trinajstić information content (AvgIpc) is 2.74. The molecule has 1 atom stereocenters. The molecule has 140 valence electrons. The van der Waals surface area contributed by atoms with Gasteiger partial charge in [-0.2, -0.15) is 5.26 Å². The molecule has 1 N–H and O–H groups in total. The highest BCUT2D eigenvalue weighted by Gasteiger charge is 2.19. The molecule has 0 heterocycles. The highest BCUT2D eigenvalue weighted by molar-refractivity contribution is 5.64. The van der Waals surface area contributed by atoms with E-state index in [2.05, 4.69) is 5.32 Å². The highest BCUT2D eigenvalue weighted by Crippen LogP contribution is 2.29. The van der Waals surface area contributed by atoms with Crippen molar-refractivity contribution < 1.29 is 9.66 Å². The monoisotopic (exact) mass is 373 g/mol. The molecular weight excluding hydrogens is 354 g/mol. The molecule has 1 unspecified atom stereocenters. The zero-order chi connectivity index (χ0) is 19.8. The van der Waals surface area contributed by atoms with Crippen LogP contribution in [0, 0.1) is 21.4 Å². The second-order valence-corrected chi connectivity index (χ2v) is 6.21. The maximum atomic E-state index is 11.4. The number of nitro benzene ring substituents is 1. The third-order valence-electron chi connectivity index (χ3n) is 4.25. The molecule has 0 saturated heterocycles. The normalized spacial score (nSPS) is 11.4. The molecule has 6 heteroatoms. The molecule has 0 aliphatic heterocycles. The molecule has 28 heavy (non-hydrogen) atoms. The minimum atomic E-state index is -0.490. The first-order valence-electron chi connectivity index (χ1n) is 8.79. The summed E-state index contributed by atoms with van der Waals surface area (Å²) in [6.45, 7) is 0.775. The van der Waals surface area contributed by atoms with Crippen molar-refractivity contribution in [2.75, 3.05) is 11.9 Å². The van der Waals surface area contributed by atoms with Gasteiger partial charge in [0.15, 0.2) is 0 Å². The van der Waals surface area contributed by atoms with Crippen molar-refractivity contribution in [1.29, 1.82) is 5.26 Å². The fraction of sp³-hybridized carbons (Fsp3) is 0.136. The number of hydrogen-bond donors (Lipinski definition) is 1. The summed E-state index contributed by atoms with van der Waals surface area (Å²) in [5.41, 5.74) is 2.46. The lowest BCUT2D eigenvalue weighted by Gasteiger charge is -2.20. The van der Waals surface area contributed by atoms with Gasteiger partial charge in [0.05, 0.1) is 35.8 Å². The summed E-state index contributed by atoms with van der Waals surface area (Å²) in [5, 5.41) is 23.6. The van der Waals surface area contributed by atoms with Gasteiger partial charge in [-0.1, -0.05) is 60.7 Å². The van der Waals surface area contributed by atoms with Gasteiger partial charge in [0.25, 0.3) is 5.69 Å². The predicted octanol–water partition coefficient (Wildman–Crippen LogP) is 4.84. The van der Waals surface area contributed by atoms with Crippen LogP contribution >= 0.6 is 0 Å². The summed E-state index contributed by atoms with van der Waals surface area (Å²) >= 11 is 0. The molecule has 0 spiro atoms. The van der Waals surface area contributed by atoms with E-state index in [1.807, 2.05) is 66.7 Å². The van der Waals surface area contributed by atoms with E-state index in [-0.39, 0.29) is 17.3 Å². The predicted molar refractivity (Wildman–Crippen MR) is 107 cm³/mol. The van der Waals surface area contributed by atoms with Crippen LogP contribution in [0.15, 0.2) is 78.9 Å². The van der Waals surface area contributed by atoms with E-state index in [1.165, 1.54) is 6.07 Å². The first-order chi connectivity index (χ1) is 13.7. The molecule has 6 nitrogen and oxygen atoms in total. The molecule has 0 fully saturated rings. The molecule has 0 bridgehead atoms. The topological polar surface area (TPSA) is 88.2 Å². The Morgan fingerprint density at radius 3 is 2.36 bits per heavy atom. The number of rotatable bonds is 8. The molecule has 3 rings (SSSR count). The summed E-state index contributed by atoms with van der Waals surface area (Å²) in [6.07, 6.45) is 0. The molecular formula is C22H19N3O3. The van der Waals surface area contributed by atoms with Gasteiger partial charge in [-0.15, -0.1) is 0 Å². The fourth-order valence-corrected chi connectivity index (χ4v) is 2.84. The number of ether oxygens (including phenoxy) is 1. The van der Waals surface area contributed by atoms with E-state index in [0.29, 0.717) is 18.9 Å². The Labute approximate surface area is 163 Å². The Bertz CT molecular complexity index is 969. The lowest BCUT2D eigenvalue weighted by Crippen LogP contribution is -2.18. The Morgan fingerprint density at radius 1 is 1.04 bits per heavy atom. The van der Waals surface area contributed by atoms with Crippen LogP contribution in [-0.4, -0.2) is 11.5 Å². The van der Waals surface area contributed by atoms with Crippen LogP contribution in [0.2, 0.25) is 0 Å². The van der Waals surface area contributed by atoms with Crippen LogP contribution in [0.25, 0.3) is 0 Å². The molecule has 0 radical (unpaired) electrons. The third-order valence-corrected chi connectivity index (χ3v) is 4.25. The zero-order valence-corrected chi connectivity index (χ0v) is 15.1. The van der Waals surface area contributed by atoms with E-state index in [0.717, 1.165) is 11.1 Å². The molecule has 0 aliphatic rings. The van der Waals surface area contributed by atoms with Crippen molar-refractivity contribution in [2.45, 2.75) is 12.6 Å². The van der Waals surface area contributed by atoms with Crippen molar-refractivity contribution in [1.82, 2.24) is 0 Å². The molecule has 0 aromatic heterocycles. The number of anilines is 1. The van der Waals surface area contributed by atoms with Crippen LogP contribution in [-0.2, 0) is 11.3 Å². The van der Waals surface area contributed by atoms with Gasteiger partial charge < -0.3 is 10.1 Å². The molecule has 0 saturated carbocycles. The lowest BCUT2D eigenvalue weighted by atomic mass is 10.1. The molecule has 3 aromatic rings. The maximum Gasteiger partial charge on any atom is 0.293 e. The van der Waals surface area contributed by atoms with E-state index in [9.17, 15) is 10.1 Å². The molecule has 0 amide bonds. The Morgan fingerprint density at radius 2 is 1.71 bits per heavy atom. The average molecular weight is 373 g/mol. The van der Waals surface area contributed by atoms with E-state index >= 15 is 0 Å². The third kappa shape index (κ3) is 4.93. The van der Waals surface area contributed by atoms with Gasteiger partial charge in [0, 0.05) is 6.07 Å². The molecule has 0 aliphatic carbocycles. The lowest BCUT2D eigenvalue weighted by molar-refractivity contribution is -0.384. The molecule has 3 aromatic carbocycles. The summed E-state index contributed by atoms with van der Waals surface area (Å²) in [6, 6.07) is 25.5. The van der Waals surface area contributed by atoms with E-state index < -0.39 is 4.92 Å². The summed E-state index contributed by atoms with van der Waals surface area (Å²) in [5.74, 6) is 0. The van der Waals surface area contributed by atoms with Gasteiger partial charge in [0.2, 0.25) is 0 Å². The first kappa shape index (κ1) is 19.1. The van der Waals surface area contributed by atoms with Gasteiger partial charge in [-0.3, -0.25) is 10.1 Å². The van der Waals surface area contributed by atoms with Crippen LogP contribution in [0.1, 0.15) is 22.7 Å². The Balaban J connectivity index is 1.80. The minimum Gasteiger partial charge on any atom is -0.374 e. The van der Waals surface area contributed by atoms with Crippen molar-refractivity contribution >= 4 is 11.4 Å². The van der Waals surface area contributed by atoms with Crippen LogP contribution in [0.5, 0.6) is 0 Å². The van der Waals surface area contributed by atoms with Gasteiger partial charge in [-0.25, -0.2) is 0 Å². The van der Waals surface area contributed by atoms with Crippen LogP contribution in [0.4, 0.5) is 11.4 Å². The van der Waals surface area contributed by atoms with Crippen LogP contribution < -0.4 is 5.32 Å². The Kier molecular flexibility index (Phi) is 6.34. The minimum absolute atomic E-state index is 0.136. The largest absolute Gasteiger partial charge is 0.374 e. The second kappa shape index (κ2) is 9.31. The van der Waals surface area contributed by atoms with Crippen molar-refractivity contribution in [3.8, 4) is 6.07 Å². The number of nitrogens with one attached hydrogen (secondary N) is 1. The number of benzene rings is 3. The van der Waals surface area contributed by atoms with E-state index in [4.69, 9.17) is 10.00 Å². The standard InChI is InChI=1S/C22H19N3O3/c23-14-18-11-12-20(22(13-18)25(26)27)24-21(19-9-5-2-6-10-19)16-28-15-17-7-3-1-4-8-17/h1-13,21,24H,15-16H2. The van der Waals surface area contributed by atoms with Crippen molar-refractivity contribution in [2.24, 2.45) is 0 Å². The SMILES string of the molecule is N#Cc1ccc(NC(COCc2ccccc2)c2ccccc2)c([N+](=O)[O-])c1. The number of nitrogens with zero attached hydrogens (tertiary/aromatic N) is 2. The van der Waals surface area contributed by atoms with Crippen molar-refractivity contribution in [3.05, 3.63) is 106 Å². The van der Waals surface area contributed by atoms with Gasteiger partial charge in [-0.05, 0) is 23.3 Å². The highest BCUT2D eigenvalue weighted by atomic mass is 16.6. The first-order valence-corrected chi connectivity index (χ1v) is 8.79. The quantitative estimate of drug-likeness (QED) is 0.451. The maximum absolute atomic E-state index is 11.4. The fourth-order valence-electron chi connectivity index (χ4n) is 2.84. The number of hydrogen-bond acceptors (Lipinski definition) is 5. The number of nitro groups is 1. The van der Waals surface area contributed by atoms with Crippen molar-refractivity contribution in [3.63, 3.8) is 0 Å². The summed E-state index contributed by atoms with van der Waals surface area (Å²) in [7, 11) is 0. The van der Waals surface area contributed by atoms with Gasteiger partial charge in [0.1, 0.15) is 5.69 Å². The summed E-state index contributed by atoms with van der Waals surface area (Å²) in [4.78, 5) is 10.9. The summed E-state index contributed by atoms with van der Waals surface area (Å²) < 4.78 is 5.87. The van der Waals surface area contributed by atoms with Crippen LogP contribution in [0.3, 0.4) is 0 Å².